The number of carbonyl (C=O) groups is 1. The van der Waals surface area contributed by atoms with Crippen molar-refractivity contribution in [2.45, 2.75) is 45.4 Å². The Morgan fingerprint density at radius 1 is 1.38 bits per heavy atom. The molecule has 8 heteroatoms. The average molecular weight is 361 g/mol. The molecule has 0 spiro atoms. The lowest BCUT2D eigenvalue weighted by atomic mass is 10.2. The zero-order valence-electron chi connectivity index (χ0n) is 15.7. The summed E-state index contributed by atoms with van der Waals surface area (Å²) >= 11 is 0. The van der Waals surface area contributed by atoms with Gasteiger partial charge in [0.2, 0.25) is 0 Å². The molecule has 26 heavy (non-hydrogen) atoms. The Hall–Kier alpha value is -2.19. The molecule has 1 amide bonds. The lowest BCUT2D eigenvalue weighted by molar-refractivity contribution is 0.0735. The first-order valence-corrected chi connectivity index (χ1v) is 9.12. The Kier molecular flexibility index (Phi) is 5.73. The third-order valence-electron chi connectivity index (χ3n) is 4.47. The van der Waals surface area contributed by atoms with Gasteiger partial charge in [-0.1, -0.05) is 12.1 Å². The third kappa shape index (κ3) is 4.13. The Balaban J connectivity index is 1.74. The van der Waals surface area contributed by atoms with Crippen LogP contribution in [0.4, 0.5) is 0 Å². The highest BCUT2D eigenvalue weighted by molar-refractivity contribution is 5.92. The molecular formula is C18H27N5O3. The van der Waals surface area contributed by atoms with E-state index >= 15 is 0 Å². The highest BCUT2D eigenvalue weighted by atomic mass is 16.5. The number of hydrogen-bond acceptors (Lipinski definition) is 6. The third-order valence-corrected chi connectivity index (χ3v) is 4.47. The molecule has 0 saturated heterocycles. The number of nitrogens with zero attached hydrogens (tertiary/aromatic N) is 5. The number of likely N-dealkylation sites (N-methyl/N-ethyl adjacent to an activating group) is 1. The van der Waals surface area contributed by atoms with Crippen LogP contribution in [0.5, 0.6) is 0 Å². The van der Waals surface area contributed by atoms with E-state index in [9.17, 15) is 9.90 Å². The zero-order chi connectivity index (χ0) is 18.7. The van der Waals surface area contributed by atoms with Crippen molar-refractivity contribution in [3.63, 3.8) is 0 Å². The maximum Gasteiger partial charge on any atom is 0.276 e. The molecular weight excluding hydrogens is 334 g/mol. The molecule has 0 unspecified atom stereocenters. The van der Waals surface area contributed by atoms with Gasteiger partial charge in [0.15, 0.2) is 5.69 Å². The average Bonchev–Trinajstić information content (AvgIpc) is 3.16. The lowest BCUT2D eigenvalue weighted by Crippen LogP contribution is -2.31. The van der Waals surface area contributed by atoms with Gasteiger partial charge in [0.25, 0.3) is 5.91 Å². The summed E-state index contributed by atoms with van der Waals surface area (Å²) in [5.74, 6) is 0.617. The highest BCUT2D eigenvalue weighted by Crippen LogP contribution is 2.20. The number of hydrogen-bond donors (Lipinski definition) is 1. The normalized spacial score (nSPS) is 15.8. The number of aromatic nitrogens is 3. The number of aliphatic hydroxyl groups excluding tert-OH is 1. The summed E-state index contributed by atoms with van der Waals surface area (Å²) in [5.41, 5.74) is 1.94. The van der Waals surface area contributed by atoms with Crippen molar-refractivity contribution in [2.75, 3.05) is 27.2 Å². The maximum absolute atomic E-state index is 12.8. The molecule has 3 heterocycles. The Bertz CT molecular complexity index is 752. The molecule has 0 aromatic carbocycles. The van der Waals surface area contributed by atoms with E-state index < -0.39 is 6.10 Å². The molecule has 2 aromatic heterocycles. The van der Waals surface area contributed by atoms with Gasteiger partial charge >= 0.3 is 0 Å². The quantitative estimate of drug-likeness (QED) is 0.838. The topological polar surface area (TPSA) is 87.6 Å². The molecule has 1 atom stereocenters. The lowest BCUT2D eigenvalue weighted by Gasteiger charge is -2.18. The van der Waals surface area contributed by atoms with Gasteiger partial charge in [-0.15, -0.1) is 0 Å². The van der Waals surface area contributed by atoms with Gasteiger partial charge in [-0.3, -0.25) is 9.48 Å². The van der Waals surface area contributed by atoms with Gasteiger partial charge < -0.3 is 19.4 Å². The van der Waals surface area contributed by atoms with Gasteiger partial charge in [-0.25, -0.2) is 0 Å². The minimum atomic E-state index is -0.638. The van der Waals surface area contributed by atoms with Crippen LogP contribution in [0.3, 0.4) is 0 Å². The van der Waals surface area contributed by atoms with E-state index in [2.05, 4.69) is 17.2 Å². The van der Waals surface area contributed by atoms with Crippen LogP contribution in [0.2, 0.25) is 0 Å². The molecule has 8 nitrogen and oxygen atoms in total. The van der Waals surface area contributed by atoms with Gasteiger partial charge in [0, 0.05) is 32.1 Å². The molecule has 142 valence electrons. The van der Waals surface area contributed by atoms with Gasteiger partial charge in [0.05, 0.1) is 17.9 Å². The van der Waals surface area contributed by atoms with E-state index in [1.165, 1.54) is 0 Å². The zero-order valence-corrected chi connectivity index (χ0v) is 15.7. The van der Waals surface area contributed by atoms with Crippen LogP contribution in [-0.2, 0) is 19.5 Å². The Morgan fingerprint density at radius 2 is 2.19 bits per heavy atom. The number of carbonyl (C=O) groups excluding carboxylic acids is 1. The summed E-state index contributed by atoms with van der Waals surface area (Å²) in [6.45, 7) is 4.40. The molecule has 0 radical (unpaired) electrons. The van der Waals surface area contributed by atoms with Crippen molar-refractivity contribution >= 4 is 5.91 Å². The molecule has 0 saturated carbocycles. The van der Waals surface area contributed by atoms with E-state index in [1.54, 1.807) is 11.0 Å². The molecule has 3 rings (SSSR count). The molecule has 0 fully saturated rings. The highest BCUT2D eigenvalue weighted by Gasteiger charge is 2.25. The number of rotatable bonds is 6. The largest absolute Gasteiger partial charge is 0.385 e. The summed E-state index contributed by atoms with van der Waals surface area (Å²) in [4.78, 5) is 16.5. The SMILES string of the molecule is CCCc1cc(C(=O)N2CCCn3nc([C@H](O)CN(C)C)cc3C2)no1. The first kappa shape index (κ1) is 18.6. The fourth-order valence-corrected chi connectivity index (χ4v) is 3.20. The summed E-state index contributed by atoms with van der Waals surface area (Å²) < 4.78 is 7.13. The minimum Gasteiger partial charge on any atom is -0.385 e. The second-order valence-corrected chi connectivity index (χ2v) is 7.07. The number of aryl methyl sites for hydroxylation is 2. The van der Waals surface area contributed by atoms with Gasteiger partial charge in [-0.05, 0) is 33.0 Å². The van der Waals surface area contributed by atoms with Crippen LogP contribution in [0.1, 0.15) is 53.5 Å². The molecule has 0 bridgehead atoms. The maximum atomic E-state index is 12.8. The Morgan fingerprint density at radius 3 is 2.92 bits per heavy atom. The number of aliphatic hydroxyl groups is 1. The molecule has 1 N–H and O–H groups in total. The van der Waals surface area contributed by atoms with E-state index in [0.29, 0.717) is 31.0 Å². The summed E-state index contributed by atoms with van der Waals surface area (Å²) in [6.07, 6.45) is 1.90. The van der Waals surface area contributed by atoms with Crippen LogP contribution in [-0.4, -0.2) is 62.9 Å². The van der Waals surface area contributed by atoms with Crippen LogP contribution < -0.4 is 0 Å². The summed E-state index contributed by atoms with van der Waals surface area (Å²) in [6, 6.07) is 3.63. The van der Waals surface area contributed by atoms with Crippen molar-refractivity contribution < 1.29 is 14.4 Å². The van der Waals surface area contributed by atoms with Crippen molar-refractivity contribution in [3.05, 3.63) is 35.0 Å². The Labute approximate surface area is 153 Å². The van der Waals surface area contributed by atoms with Crippen molar-refractivity contribution in [2.24, 2.45) is 0 Å². The van der Waals surface area contributed by atoms with E-state index in [-0.39, 0.29) is 5.91 Å². The van der Waals surface area contributed by atoms with E-state index in [0.717, 1.165) is 37.3 Å². The minimum absolute atomic E-state index is 0.124. The monoisotopic (exact) mass is 361 g/mol. The number of amides is 1. The van der Waals surface area contributed by atoms with Crippen LogP contribution in [0.15, 0.2) is 16.7 Å². The molecule has 2 aromatic rings. The summed E-state index contributed by atoms with van der Waals surface area (Å²) in [7, 11) is 3.82. The van der Waals surface area contributed by atoms with Crippen molar-refractivity contribution in [1.82, 2.24) is 24.7 Å². The molecule has 1 aliphatic rings. The second kappa shape index (κ2) is 8.01. The van der Waals surface area contributed by atoms with Crippen molar-refractivity contribution in [3.8, 4) is 0 Å². The first-order valence-electron chi connectivity index (χ1n) is 9.12. The fraction of sp³-hybridized carbons (Fsp3) is 0.611. The van der Waals surface area contributed by atoms with Gasteiger partial charge in [-0.2, -0.15) is 5.10 Å². The summed E-state index contributed by atoms with van der Waals surface area (Å²) in [5, 5.41) is 18.8. The van der Waals surface area contributed by atoms with Crippen molar-refractivity contribution in [1.29, 1.82) is 0 Å². The van der Waals surface area contributed by atoms with Crippen LogP contribution in [0, 0.1) is 0 Å². The van der Waals surface area contributed by atoms with Crippen LogP contribution >= 0.6 is 0 Å². The van der Waals surface area contributed by atoms with E-state index in [4.69, 9.17) is 4.52 Å². The molecule has 1 aliphatic heterocycles. The van der Waals surface area contributed by atoms with Gasteiger partial charge in [0.1, 0.15) is 11.9 Å². The fourth-order valence-electron chi connectivity index (χ4n) is 3.20. The second-order valence-electron chi connectivity index (χ2n) is 7.07. The predicted octanol–water partition coefficient (Wildman–Crippen LogP) is 1.46. The number of fused-ring (bicyclic) bond motifs is 1. The standard InChI is InChI=1S/C18H27N5O3/c1-4-6-14-10-16(20-26-14)18(25)22-7-5-8-23-13(11-22)9-15(19-23)17(24)12-21(2)3/h9-10,17,24H,4-8,11-12H2,1-3H3/t17-/m1/s1. The molecule has 0 aliphatic carbocycles. The van der Waals surface area contributed by atoms with Crippen LogP contribution in [0.25, 0.3) is 0 Å². The predicted molar refractivity (Wildman–Crippen MR) is 95.6 cm³/mol. The van der Waals surface area contributed by atoms with E-state index in [1.807, 2.05) is 29.7 Å². The smallest absolute Gasteiger partial charge is 0.276 e. The first-order chi connectivity index (χ1) is 12.5.